The van der Waals surface area contributed by atoms with E-state index in [1.165, 1.54) is 0 Å². The maximum atomic E-state index is 11.6. The van der Waals surface area contributed by atoms with Crippen molar-refractivity contribution in [2.24, 2.45) is 0 Å². The van der Waals surface area contributed by atoms with Gasteiger partial charge in [-0.2, -0.15) is 0 Å². The first-order valence-corrected chi connectivity index (χ1v) is 6.60. The molecule has 6 nitrogen and oxygen atoms in total. The van der Waals surface area contributed by atoms with Crippen molar-refractivity contribution in [2.45, 2.75) is 6.92 Å². The molecule has 0 fully saturated rings. The molecule has 0 aliphatic rings. The number of fused-ring (bicyclic) bond motifs is 1. The normalized spacial score (nSPS) is 10.5. The lowest BCUT2D eigenvalue weighted by Gasteiger charge is -2.03. The Labute approximate surface area is 121 Å². The second kappa shape index (κ2) is 5.62. The Balaban J connectivity index is 2.08. The first-order valence-electron chi connectivity index (χ1n) is 6.60. The van der Waals surface area contributed by atoms with E-state index in [4.69, 9.17) is 4.74 Å². The van der Waals surface area contributed by atoms with Crippen LogP contribution in [0.1, 0.15) is 6.92 Å². The van der Waals surface area contributed by atoms with Crippen molar-refractivity contribution < 1.29 is 9.53 Å². The highest BCUT2D eigenvalue weighted by Gasteiger charge is 2.13. The van der Waals surface area contributed by atoms with Gasteiger partial charge in [0.15, 0.2) is 5.65 Å². The van der Waals surface area contributed by atoms with Gasteiger partial charge in [0, 0.05) is 30.4 Å². The van der Waals surface area contributed by atoms with E-state index in [1.54, 1.807) is 25.5 Å². The lowest BCUT2D eigenvalue weighted by molar-refractivity contribution is 0.168. The van der Waals surface area contributed by atoms with Gasteiger partial charge in [-0.3, -0.25) is 14.7 Å². The Morgan fingerprint density at radius 2 is 2.14 bits per heavy atom. The summed E-state index contributed by atoms with van der Waals surface area (Å²) in [5.41, 5.74) is 3.19. The predicted molar refractivity (Wildman–Crippen MR) is 79.1 cm³/mol. The van der Waals surface area contributed by atoms with Gasteiger partial charge >= 0.3 is 6.09 Å². The number of pyridine rings is 1. The second-order valence-corrected chi connectivity index (χ2v) is 4.34. The van der Waals surface area contributed by atoms with Crippen LogP contribution >= 0.6 is 0 Å². The molecule has 3 aromatic rings. The number of aromatic nitrogens is 3. The van der Waals surface area contributed by atoms with Gasteiger partial charge in [0.2, 0.25) is 0 Å². The molecule has 0 saturated carbocycles. The molecule has 0 saturated heterocycles. The summed E-state index contributed by atoms with van der Waals surface area (Å²) in [6.07, 6.45) is 6.54. The van der Waals surface area contributed by atoms with Crippen LogP contribution in [0.25, 0.3) is 16.9 Å². The van der Waals surface area contributed by atoms with Crippen LogP contribution in [-0.4, -0.2) is 27.1 Å². The van der Waals surface area contributed by atoms with Gasteiger partial charge in [0.05, 0.1) is 18.0 Å². The maximum Gasteiger partial charge on any atom is 0.411 e. The highest BCUT2D eigenvalue weighted by Crippen LogP contribution is 2.28. The molecule has 0 spiro atoms. The Hall–Kier alpha value is -2.89. The van der Waals surface area contributed by atoms with Gasteiger partial charge in [0.25, 0.3) is 0 Å². The number of carbonyl (C=O) groups excluding carboxylic acids is 1. The SMILES string of the molecule is CCOC(=O)Nc1cc(-c2ccncc2)n2cccnc12. The van der Waals surface area contributed by atoms with E-state index in [0.29, 0.717) is 17.9 Å². The Morgan fingerprint density at radius 3 is 2.90 bits per heavy atom. The average Bonchev–Trinajstić information content (AvgIpc) is 2.87. The van der Waals surface area contributed by atoms with Gasteiger partial charge < -0.3 is 4.74 Å². The van der Waals surface area contributed by atoms with Crippen molar-refractivity contribution in [3.8, 4) is 11.3 Å². The molecule has 0 unspecified atom stereocenters. The second-order valence-electron chi connectivity index (χ2n) is 4.34. The number of anilines is 1. The average molecular weight is 282 g/mol. The van der Waals surface area contributed by atoms with Crippen LogP contribution in [0, 0.1) is 0 Å². The topological polar surface area (TPSA) is 68.5 Å². The summed E-state index contributed by atoms with van der Waals surface area (Å²) in [6.45, 7) is 2.08. The molecule has 0 bridgehead atoms. The quantitative estimate of drug-likeness (QED) is 0.802. The minimum Gasteiger partial charge on any atom is -0.450 e. The van der Waals surface area contributed by atoms with E-state index in [1.807, 2.05) is 34.9 Å². The summed E-state index contributed by atoms with van der Waals surface area (Å²) in [6, 6.07) is 7.52. The number of nitrogens with zero attached hydrogens (tertiary/aromatic N) is 3. The van der Waals surface area contributed by atoms with Crippen molar-refractivity contribution in [1.29, 1.82) is 0 Å². The van der Waals surface area contributed by atoms with Crippen molar-refractivity contribution in [1.82, 2.24) is 14.4 Å². The molecule has 1 amide bonds. The molecule has 1 N–H and O–H groups in total. The lowest BCUT2D eigenvalue weighted by Crippen LogP contribution is -2.13. The summed E-state index contributed by atoms with van der Waals surface area (Å²) in [4.78, 5) is 20.0. The van der Waals surface area contributed by atoms with Crippen LogP contribution in [0.15, 0.2) is 49.1 Å². The molecule has 0 atom stereocenters. The Bertz CT molecular complexity index is 768. The third-order valence-electron chi connectivity index (χ3n) is 3.02. The minimum atomic E-state index is -0.489. The molecule has 106 valence electrons. The predicted octanol–water partition coefficient (Wildman–Crippen LogP) is 2.96. The van der Waals surface area contributed by atoms with Crippen LogP contribution in [0.4, 0.5) is 10.5 Å². The fraction of sp³-hybridized carbons (Fsp3) is 0.133. The Kier molecular flexibility index (Phi) is 3.51. The molecule has 0 aliphatic heterocycles. The van der Waals surface area contributed by atoms with Crippen LogP contribution < -0.4 is 5.32 Å². The zero-order valence-corrected chi connectivity index (χ0v) is 11.5. The van der Waals surface area contributed by atoms with E-state index >= 15 is 0 Å². The molecule has 0 radical (unpaired) electrons. The lowest BCUT2D eigenvalue weighted by atomic mass is 10.2. The number of ether oxygens (including phenoxy) is 1. The van der Waals surface area contributed by atoms with Gasteiger partial charge in [0.1, 0.15) is 0 Å². The highest BCUT2D eigenvalue weighted by atomic mass is 16.5. The number of hydrogen-bond acceptors (Lipinski definition) is 4. The van der Waals surface area contributed by atoms with E-state index in [9.17, 15) is 4.79 Å². The van der Waals surface area contributed by atoms with E-state index < -0.39 is 6.09 Å². The molecule has 3 rings (SSSR count). The summed E-state index contributed by atoms with van der Waals surface area (Å²) in [5, 5.41) is 2.72. The van der Waals surface area contributed by atoms with Crippen LogP contribution in [0.2, 0.25) is 0 Å². The molecular weight excluding hydrogens is 268 g/mol. The van der Waals surface area contributed by atoms with E-state index in [-0.39, 0.29) is 0 Å². The first-order chi connectivity index (χ1) is 10.3. The number of hydrogen-bond donors (Lipinski definition) is 1. The zero-order valence-electron chi connectivity index (χ0n) is 11.5. The fourth-order valence-electron chi connectivity index (χ4n) is 2.15. The highest BCUT2D eigenvalue weighted by molar-refractivity contribution is 5.92. The van der Waals surface area contributed by atoms with Crippen LogP contribution in [0.5, 0.6) is 0 Å². The summed E-state index contributed by atoms with van der Waals surface area (Å²) < 4.78 is 6.83. The zero-order chi connectivity index (χ0) is 14.7. The number of amides is 1. The van der Waals surface area contributed by atoms with Crippen molar-refractivity contribution in [3.05, 3.63) is 49.1 Å². The Morgan fingerprint density at radius 1 is 1.33 bits per heavy atom. The number of nitrogens with one attached hydrogen (secondary N) is 1. The van der Waals surface area contributed by atoms with Gasteiger partial charge in [-0.1, -0.05) is 0 Å². The molecule has 3 aromatic heterocycles. The smallest absolute Gasteiger partial charge is 0.411 e. The summed E-state index contributed by atoms with van der Waals surface area (Å²) in [7, 11) is 0. The molecular formula is C15H14N4O2. The number of carbonyl (C=O) groups is 1. The van der Waals surface area contributed by atoms with Crippen molar-refractivity contribution in [2.75, 3.05) is 11.9 Å². The molecule has 6 heteroatoms. The monoisotopic (exact) mass is 282 g/mol. The van der Waals surface area contributed by atoms with Crippen LogP contribution in [-0.2, 0) is 4.74 Å². The number of rotatable bonds is 3. The minimum absolute atomic E-state index is 0.322. The standard InChI is InChI=1S/C15H14N4O2/c1-2-21-15(20)18-12-10-13(11-4-7-16-8-5-11)19-9-3-6-17-14(12)19/h3-10H,2H2,1H3,(H,18,20). The maximum absolute atomic E-state index is 11.6. The summed E-state index contributed by atoms with van der Waals surface area (Å²) in [5.74, 6) is 0. The molecule has 0 aromatic carbocycles. The van der Waals surface area contributed by atoms with E-state index in [0.717, 1.165) is 11.3 Å². The van der Waals surface area contributed by atoms with Gasteiger partial charge in [-0.25, -0.2) is 9.78 Å². The van der Waals surface area contributed by atoms with E-state index in [2.05, 4.69) is 15.3 Å². The third-order valence-corrected chi connectivity index (χ3v) is 3.02. The largest absolute Gasteiger partial charge is 0.450 e. The first kappa shape index (κ1) is 13.1. The third kappa shape index (κ3) is 2.55. The fourth-order valence-corrected chi connectivity index (χ4v) is 2.15. The van der Waals surface area contributed by atoms with Crippen molar-refractivity contribution in [3.63, 3.8) is 0 Å². The van der Waals surface area contributed by atoms with Gasteiger partial charge in [-0.15, -0.1) is 0 Å². The van der Waals surface area contributed by atoms with Crippen LogP contribution in [0.3, 0.4) is 0 Å². The molecule has 21 heavy (non-hydrogen) atoms. The molecule has 3 heterocycles. The van der Waals surface area contributed by atoms with Crippen molar-refractivity contribution >= 4 is 17.4 Å². The van der Waals surface area contributed by atoms with Gasteiger partial charge in [-0.05, 0) is 31.2 Å². The molecule has 0 aliphatic carbocycles. The summed E-state index contributed by atoms with van der Waals surface area (Å²) >= 11 is 0.